The minimum atomic E-state index is -0.492. The summed E-state index contributed by atoms with van der Waals surface area (Å²) >= 11 is 0. The number of carbonyl (C=O) groups excluding carboxylic acids is 2. The van der Waals surface area contributed by atoms with Crippen molar-refractivity contribution in [3.8, 4) is 6.01 Å². The minimum Gasteiger partial charge on any atom is -0.392 e. The average Bonchev–Trinajstić information content (AvgIpc) is 2.29. The summed E-state index contributed by atoms with van der Waals surface area (Å²) in [7, 11) is 0. The quantitative estimate of drug-likeness (QED) is 0.602. The van der Waals surface area contributed by atoms with Crippen molar-refractivity contribution >= 4 is 11.9 Å². The van der Waals surface area contributed by atoms with Crippen molar-refractivity contribution in [3.05, 3.63) is 11.9 Å². The SMILES string of the molecule is CC(=O)Oc1nc(C)cn1C(C)=O. The highest BCUT2D eigenvalue weighted by Gasteiger charge is 2.11. The molecule has 0 aliphatic heterocycles. The second-order valence-corrected chi connectivity index (χ2v) is 2.65. The molecule has 0 atom stereocenters. The molecule has 0 saturated carbocycles. The van der Waals surface area contributed by atoms with E-state index in [0.717, 1.165) is 0 Å². The van der Waals surface area contributed by atoms with Gasteiger partial charge in [-0.1, -0.05) is 0 Å². The monoisotopic (exact) mass is 182 g/mol. The van der Waals surface area contributed by atoms with Crippen molar-refractivity contribution < 1.29 is 14.3 Å². The Hall–Kier alpha value is -1.65. The zero-order valence-corrected chi connectivity index (χ0v) is 7.70. The fourth-order valence-electron chi connectivity index (χ4n) is 0.902. The summed E-state index contributed by atoms with van der Waals surface area (Å²) in [4.78, 5) is 25.5. The van der Waals surface area contributed by atoms with E-state index in [4.69, 9.17) is 4.74 Å². The summed E-state index contributed by atoms with van der Waals surface area (Å²) in [5.41, 5.74) is 0.631. The molecule has 1 aromatic heterocycles. The molecule has 1 aromatic rings. The summed E-state index contributed by atoms with van der Waals surface area (Å²) in [5.74, 6) is -0.732. The van der Waals surface area contributed by atoms with Crippen LogP contribution < -0.4 is 4.74 Å². The Morgan fingerprint density at radius 2 is 2.08 bits per heavy atom. The zero-order chi connectivity index (χ0) is 10.0. The number of nitrogens with zero attached hydrogens (tertiary/aromatic N) is 2. The van der Waals surface area contributed by atoms with Gasteiger partial charge in [0.15, 0.2) is 0 Å². The third-order valence-corrected chi connectivity index (χ3v) is 1.37. The third kappa shape index (κ3) is 2.14. The van der Waals surface area contributed by atoms with Gasteiger partial charge >= 0.3 is 12.0 Å². The standard InChI is InChI=1S/C8H10N2O3/c1-5-4-10(6(2)11)8(9-5)13-7(3)12/h4H,1-3H3. The predicted octanol–water partition coefficient (Wildman–Crippen LogP) is 0.777. The highest BCUT2D eigenvalue weighted by Crippen LogP contribution is 2.10. The molecule has 5 nitrogen and oxygen atoms in total. The largest absolute Gasteiger partial charge is 0.392 e. The normalized spacial score (nSPS) is 9.77. The van der Waals surface area contributed by atoms with Gasteiger partial charge in [-0.05, 0) is 6.92 Å². The minimum absolute atomic E-state index is 0.0255. The number of hydrogen-bond donors (Lipinski definition) is 0. The molecule has 0 saturated heterocycles. The van der Waals surface area contributed by atoms with Crippen LogP contribution in [-0.4, -0.2) is 21.4 Å². The molecule has 0 aliphatic carbocycles. The second-order valence-electron chi connectivity index (χ2n) is 2.65. The lowest BCUT2D eigenvalue weighted by Gasteiger charge is -2.00. The van der Waals surface area contributed by atoms with E-state index in [1.807, 2.05) is 0 Å². The summed E-state index contributed by atoms with van der Waals surface area (Å²) in [6, 6.07) is 0.0255. The fraction of sp³-hybridized carbons (Fsp3) is 0.375. The Balaban J connectivity index is 3.04. The number of aromatic nitrogens is 2. The topological polar surface area (TPSA) is 61.2 Å². The lowest BCUT2D eigenvalue weighted by Crippen LogP contribution is -2.11. The van der Waals surface area contributed by atoms with Crippen LogP contribution in [0.25, 0.3) is 0 Å². The van der Waals surface area contributed by atoms with Crippen molar-refractivity contribution in [1.82, 2.24) is 9.55 Å². The first-order chi connectivity index (χ1) is 6.00. The Bertz CT molecular complexity index is 354. The molecule has 1 heterocycles. The van der Waals surface area contributed by atoms with E-state index in [1.54, 1.807) is 6.92 Å². The number of aryl methyl sites for hydroxylation is 1. The second kappa shape index (κ2) is 3.38. The van der Waals surface area contributed by atoms with Crippen molar-refractivity contribution in [2.45, 2.75) is 20.8 Å². The highest BCUT2D eigenvalue weighted by atomic mass is 16.5. The lowest BCUT2D eigenvalue weighted by atomic mass is 10.5. The maximum atomic E-state index is 11.0. The van der Waals surface area contributed by atoms with Crippen LogP contribution in [0.1, 0.15) is 24.3 Å². The molecule has 13 heavy (non-hydrogen) atoms. The Morgan fingerprint density at radius 1 is 1.46 bits per heavy atom. The van der Waals surface area contributed by atoms with Gasteiger partial charge < -0.3 is 4.74 Å². The molecule has 5 heteroatoms. The molecule has 0 N–H and O–H groups in total. The maximum absolute atomic E-state index is 11.0. The van der Waals surface area contributed by atoms with Crippen LogP contribution in [0, 0.1) is 6.92 Å². The van der Waals surface area contributed by atoms with E-state index in [9.17, 15) is 9.59 Å². The van der Waals surface area contributed by atoms with Gasteiger partial charge in [0.05, 0.1) is 5.69 Å². The number of esters is 1. The van der Waals surface area contributed by atoms with Gasteiger partial charge in [0.2, 0.25) is 5.91 Å². The Kier molecular flexibility index (Phi) is 2.46. The molecule has 70 valence electrons. The van der Waals surface area contributed by atoms with Crippen LogP contribution in [-0.2, 0) is 4.79 Å². The van der Waals surface area contributed by atoms with Gasteiger partial charge in [-0.25, -0.2) is 4.57 Å². The highest BCUT2D eigenvalue weighted by molar-refractivity contribution is 5.78. The summed E-state index contributed by atoms with van der Waals surface area (Å²) in [6.07, 6.45) is 1.51. The number of ether oxygens (including phenoxy) is 1. The molecule has 1 rings (SSSR count). The first-order valence-electron chi connectivity index (χ1n) is 3.76. The van der Waals surface area contributed by atoms with Gasteiger partial charge in [0.1, 0.15) is 0 Å². The van der Waals surface area contributed by atoms with Crippen molar-refractivity contribution in [2.24, 2.45) is 0 Å². The molecular formula is C8H10N2O3. The van der Waals surface area contributed by atoms with Gasteiger partial charge in [-0.15, -0.1) is 0 Å². The van der Waals surface area contributed by atoms with Crippen molar-refractivity contribution in [2.75, 3.05) is 0 Å². The van der Waals surface area contributed by atoms with Crippen molar-refractivity contribution in [3.63, 3.8) is 0 Å². The average molecular weight is 182 g/mol. The Labute approximate surface area is 75.3 Å². The molecule has 0 unspecified atom stereocenters. The first-order valence-corrected chi connectivity index (χ1v) is 3.76. The predicted molar refractivity (Wildman–Crippen MR) is 44.6 cm³/mol. The van der Waals surface area contributed by atoms with E-state index in [-0.39, 0.29) is 11.9 Å². The molecule has 0 bridgehead atoms. The maximum Gasteiger partial charge on any atom is 0.311 e. The van der Waals surface area contributed by atoms with E-state index < -0.39 is 5.97 Å². The van der Waals surface area contributed by atoms with Crippen LogP contribution in [0.2, 0.25) is 0 Å². The number of imidazole rings is 1. The molecule has 0 fully saturated rings. The number of rotatable bonds is 1. The van der Waals surface area contributed by atoms with Crippen LogP contribution in [0.15, 0.2) is 6.20 Å². The first kappa shape index (κ1) is 9.44. The summed E-state index contributed by atoms with van der Waals surface area (Å²) in [5, 5.41) is 0. The van der Waals surface area contributed by atoms with E-state index in [2.05, 4.69) is 4.98 Å². The molecule has 0 aliphatic rings. The van der Waals surface area contributed by atoms with Crippen LogP contribution >= 0.6 is 0 Å². The molecule has 0 aromatic carbocycles. The number of carbonyl (C=O) groups is 2. The smallest absolute Gasteiger partial charge is 0.311 e. The van der Waals surface area contributed by atoms with Gasteiger partial charge in [0, 0.05) is 20.0 Å². The van der Waals surface area contributed by atoms with Crippen molar-refractivity contribution in [1.29, 1.82) is 0 Å². The summed E-state index contributed by atoms with van der Waals surface area (Å²) in [6.45, 7) is 4.34. The van der Waals surface area contributed by atoms with Gasteiger partial charge in [-0.3, -0.25) is 9.59 Å². The molecular weight excluding hydrogens is 172 g/mol. The van der Waals surface area contributed by atoms with Crippen LogP contribution in [0.4, 0.5) is 0 Å². The summed E-state index contributed by atoms with van der Waals surface area (Å²) < 4.78 is 5.91. The fourth-order valence-corrected chi connectivity index (χ4v) is 0.902. The van der Waals surface area contributed by atoms with E-state index in [0.29, 0.717) is 5.69 Å². The Morgan fingerprint density at radius 3 is 2.54 bits per heavy atom. The van der Waals surface area contributed by atoms with E-state index in [1.165, 1.54) is 24.6 Å². The zero-order valence-electron chi connectivity index (χ0n) is 7.70. The van der Waals surface area contributed by atoms with E-state index >= 15 is 0 Å². The molecule has 0 amide bonds. The van der Waals surface area contributed by atoms with Crippen LogP contribution in [0.3, 0.4) is 0 Å². The van der Waals surface area contributed by atoms with Gasteiger partial charge in [0.25, 0.3) is 0 Å². The number of hydrogen-bond acceptors (Lipinski definition) is 4. The molecule has 0 spiro atoms. The van der Waals surface area contributed by atoms with Gasteiger partial charge in [-0.2, -0.15) is 4.98 Å². The molecule has 0 radical (unpaired) electrons. The lowest BCUT2D eigenvalue weighted by molar-refractivity contribution is -0.132. The van der Waals surface area contributed by atoms with Crippen LogP contribution in [0.5, 0.6) is 6.01 Å². The third-order valence-electron chi connectivity index (χ3n) is 1.37.